The first-order valence-electron chi connectivity index (χ1n) is 7.04. The molecular weight excluding hydrogens is 254 g/mol. The molecule has 0 atom stereocenters. The number of rotatable bonds is 8. The van der Waals surface area contributed by atoms with Crippen LogP contribution in [0.1, 0.15) is 19.8 Å². The van der Waals surface area contributed by atoms with Crippen LogP contribution in [0.3, 0.4) is 0 Å². The molecule has 7 heteroatoms. The molecule has 0 saturated heterocycles. The Morgan fingerprint density at radius 3 is 2.80 bits per heavy atom. The second-order valence-electron chi connectivity index (χ2n) is 5.01. The molecule has 2 rings (SSSR count). The second-order valence-corrected chi connectivity index (χ2v) is 5.01. The average molecular weight is 277 g/mol. The van der Waals surface area contributed by atoms with Crippen LogP contribution in [0.5, 0.6) is 0 Å². The van der Waals surface area contributed by atoms with Crippen LogP contribution in [0.2, 0.25) is 0 Å². The van der Waals surface area contributed by atoms with E-state index in [1.807, 2.05) is 0 Å². The summed E-state index contributed by atoms with van der Waals surface area (Å²) in [5, 5.41) is 6.56. The lowest BCUT2D eigenvalue weighted by Gasteiger charge is -2.11. The van der Waals surface area contributed by atoms with E-state index < -0.39 is 0 Å². The van der Waals surface area contributed by atoms with Crippen LogP contribution in [0.25, 0.3) is 11.2 Å². The van der Waals surface area contributed by atoms with Gasteiger partial charge in [-0.05, 0) is 33.5 Å². The van der Waals surface area contributed by atoms with Crippen molar-refractivity contribution < 1.29 is 0 Å². The number of fused-ring (bicyclic) bond motifs is 1. The summed E-state index contributed by atoms with van der Waals surface area (Å²) in [5.74, 6) is 1.44. The van der Waals surface area contributed by atoms with Gasteiger partial charge in [0.2, 0.25) is 5.95 Å². The molecule has 2 aromatic rings. The Labute approximate surface area is 119 Å². The average Bonchev–Trinajstić information content (AvgIpc) is 2.89. The van der Waals surface area contributed by atoms with Gasteiger partial charge in [-0.3, -0.25) is 0 Å². The Balaban J connectivity index is 2.07. The number of aromatic nitrogens is 4. The van der Waals surface area contributed by atoms with Gasteiger partial charge in [0.25, 0.3) is 0 Å². The number of hydrogen-bond donors (Lipinski definition) is 3. The third kappa shape index (κ3) is 3.80. The van der Waals surface area contributed by atoms with Gasteiger partial charge in [-0.25, -0.2) is 4.98 Å². The monoisotopic (exact) mass is 277 g/mol. The Kier molecular flexibility index (Phi) is 5.11. The van der Waals surface area contributed by atoms with Crippen LogP contribution in [-0.2, 0) is 0 Å². The maximum atomic E-state index is 4.51. The van der Waals surface area contributed by atoms with Crippen LogP contribution in [-0.4, -0.2) is 58.6 Å². The van der Waals surface area contributed by atoms with Gasteiger partial charge in [0.05, 0.1) is 6.33 Å². The lowest BCUT2D eigenvalue weighted by atomic mass is 10.4. The van der Waals surface area contributed by atoms with E-state index in [9.17, 15) is 0 Å². The van der Waals surface area contributed by atoms with Crippen LogP contribution in [0.4, 0.5) is 11.8 Å². The Bertz CT molecular complexity index is 534. The molecule has 0 aliphatic rings. The predicted molar refractivity (Wildman–Crippen MR) is 82.1 cm³/mol. The predicted octanol–water partition coefficient (Wildman–Crippen LogP) is 1.54. The van der Waals surface area contributed by atoms with Crippen molar-refractivity contribution in [2.45, 2.75) is 19.8 Å². The molecule has 2 heterocycles. The largest absolute Gasteiger partial charge is 0.368 e. The van der Waals surface area contributed by atoms with Crippen LogP contribution >= 0.6 is 0 Å². The number of anilines is 2. The molecule has 3 N–H and O–H groups in total. The minimum Gasteiger partial charge on any atom is -0.368 e. The number of imidazole rings is 1. The van der Waals surface area contributed by atoms with Crippen molar-refractivity contribution in [1.82, 2.24) is 24.8 Å². The summed E-state index contributed by atoms with van der Waals surface area (Å²) in [5.41, 5.74) is 1.55. The number of nitrogens with zero attached hydrogens (tertiary/aromatic N) is 4. The molecule has 0 radical (unpaired) electrons. The Morgan fingerprint density at radius 1 is 1.20 bits per heavy atom. The first-order valence-corrected chi connectivity index (χ1v) is 7.04. The topological polar surface area (TPSA) is 81.8 Å². The maximum Gasteiger partial charge on any atom is 0.226 e. The molecule has 0 aromatic carbocycles. The van der Waals surface area contributed by atoms with Crippen molar-refractivity contribution in [2.24, 2.45) is 0 Å². The van der Waals surface area contributed by atoms with Crippen molar-refractivity contribution in [1.29, 1.82) is 0 Å². The van der Waals surface area contributed by atoms with Crippen LogP contribution in [0.15, 0.2) is 6.33 Å². The number of aromatic amines is 1. The van der Waals surface area contributed by atoms with E-state index in [1.54, 1.807) is 6.33 Å². The van der Waals surface area contributed by atoms with E-state index in [4.69, 9.17) is 0 Å². The smallest absolute Gasteiger partial charge is 0.226 e. The van der Waals surface area contributed by atoms with E-state index in [2.05, 4.69) is 56.5 Å². The summed E-state index contributed by atoms with van der Waals surface area (Å²) in [6.07, 6.45) is 3.74. The van der Waals surface area contributed by atoms with Gasteiger partial charge >= 0.3 is 0 Å². The van der Waals surface area contributed by atoms with E-state index in [1.165, 1.54) is 0 Å². The molecule has 2 aromatic heterocycles. The van der Waals surface area contributed by atoms with Gasteiger partial charge in [-0.15, -0.1) is 0 Å². The molecule has 0 aliphatic carbocycles. The van der Waals surface area contributed by atoms with Gasteiger partial charge < -0.3 is 20.5 Å². The molecule has 0 amide bonds. The molecule has 0 bridgehead atoms. The summed E-state index contributed by atoms with van der Waals surface area (Å²) in [7, 11) is 4.15. The molecule has 7 nitrogen and oxygen atoms in total. The standard InChI is InChI=1S/C13H23N7/c1-4-6-15-13-18-11(14-7-5-8-20(2)3)10-12(19-13)17-9-16-10/h9H,4-8H2,1-3H3,(H3,14,15,16,17,18,19). The van der Waals surface area contributed by atoms with Gasteiger partial charge in [-0.2, -0.15) is 9.97 Å². The number of H-pyrrole nitrogens is 1. The minimum atomic E-state index is 0.626. The number of hydrogen-bond acceptors (Lipinski definition) is 6. The van der Waals surface area contributed by atoms with Crippen molar-refractivity contribution in [2.75, 3.05) is 44.4 Å². The molecular formula is C13H23N7. The molecule has 0 saturated carbocycles. The Hall–Kier alpha value is -1.89. The highest BCUT2D eigenvalue weighted by atomic mass is 15.2. The summed E-state index contributed by atoms with van der Waals surface area (Å²) in [6, 6.07) is 0. The molecule has 0 fully saturated rings. The van der Waals surface area contributed by atoms with Crippen LogP contribution in [0, 0.1) is 0 Å². The molecule has 0 aliphatic heterocycles. The van der Waals surface area contributed by atoms with E-state index in [-0.39, 0.29) is 0 Å². The maximum absolute atomic E-state index is 4.51. The zero-order valence-electron chi connectivity index (χ0n) is 12.4. The minimum absolute atomic E-state index is 0.626. The van der Waals surface area contributed by atoms with Crippen molar-refractivity contribution in [3.8, 4) is 0 Å². The fraction of sp³-hybridized carbons (Fsp3) is 0.615. The highest BCUT2D eigenvalue weighted by Gasteiger charge is 2.09. The van der Waals surface area contributed by atoms with E-state index in [0.717, 1.165) is 43.8 Å². The first kappa shape index (κ1) is 14.5. The zero-order valence-corrected chi connectivity index (χ0v) is 12.4. The van der Waals surface area contributed by atoms with E-state index in [0.29, 0.717) is 11.6 Å². The zero-order chi connectivity index (χ0) is 14.4. The quantitative estimate of drug-likeness (QED) is 0.635. The van der Waals surface area contributed by atoms with Gasteiger partial charge in [0, 0.05) is 13.1 Å². The normalized spacial score (nSPS) is 11.2. The van der Waals surface area contributed by atoms with Gasteiger partial charge in [-0.1, -0.05) is 6.92 Å². The highest BCUT2D eigenvalue weighted by Crippen LogP contribution is 2.18. The fourth-order valence-corrected chi connectivity index (χ4v) is 1.88. The Morgan fingerprint density at radius 2 is 2.05 bits per heavy atom. The van der Waals surface area contributed by atoms with Crippen molar-refractivity contribution in [3.63, 3.8) is 0 Å². The molecule has 0 spiro atoms. The van der Waals surface area contributed by atoms with Gasteiger partial charge in [0.1, 0.15) is 5.52 Å². The van der Waals surface area contributed by atoms with E-state index >= 15 is 0 Å². The molecule has 0 unspecified atom stereocenters. The first-order chi connectivity index (χ1) is 9.70. The summed E-state index contributed by atoms with van der Waals surface area (Å²) in [6.45, 7) is 4.89. The number of nitrogens with one attached hydrogen (secondary N) is 3. The third-order valence-corrected chi connectivity index (χ3v) is 2.89. The fourth-order valence-electron chi connectivity index (χ4n) is 1.88. The highest BCUT2D eigenvalue weighted by molar-refractivity contribution is 5.83. The van der Waals surface area contributed by atoms with Crippen molar-refractivity contribution in [3.05, 3.63) is 6.33 Å². The summed E-state index contributed by atoms with van der Waals surface area (Å²) >= 11 is 0. The lowest BCUT2D eigenvalue weighted by molar-refractivity contribution is 0.405. The van der Waals surface area contributed by atoms with Crippen LogP contribution < -0.4 is 10.6 Å². The third-order valence-electron chi connectivity index (χ3n) is 2.89. The molecule has 20 heavy (non-hydrogen) atoms. The van der Waals surface area contributed by atoms with Crippen molar-refractivity contribution >= 4 is 22.9 Å². The summed E-state index contributed by atoms with van der Waals surface area (Å²) in [4.78, 5) is 18.3. The SMILES string of the molecule is CCCNc1nc(NCCCN(C)C)c2[nH]cnc2n1. The second kappa shape index (κ2) is 7.04. The van der Waals surface area contributed by atoms with Gasteiger partial charge in [0.15, 0.2) is 11.5 Å². The molecule has 110 valence electrons. The lowest BCUT2D eigenvalue weighted by Crippen LogP contribution is -2.17. The summed E-state index contributed by atoms with van der Waals surface area (Å²) < 4.78 is 0.